The first-order chi connectivity index (χ1) is 15.6. The largest absolute Gasteiger partial charge is 0.454 e. The standard InChI is InChI=1S/C23H19FN4O3S/c24-17-1-3-18(4-2-17)27-5-7-28(8-6-27)22(29)13-32-23-16(12-25)9-15-10-20-21(31-14-30-20)11-19(15)26-23/h1-4,9-11H,5-8,13-14H2. The number of anilines is 1. The lowest BCUT2D eigenvalue weighted by molar-refractivity contribution is -0.128. The number of thioether (sulfide) groups is 1. The number of benzene rings is 2. The van der Waals surface area contributed by atoms with Crippen LogP contribution >= 0.6 is 11.8 Å². The molecule has 3 aromatic rings. The van der Waals surface area contributed by atoms with E-state index in [-0.39, 0.29) is 24.3 Å². The zero-order chi connectivity index (χ0) is 22.1. The fourth-order valence-electron chi connectivity index (χ4n) is 3.82. The monoisotopic (exact) mass is 450 g/mol. The van der Waals surface area contributed by atoms with Crippen molar-refractivity contribution in [3.05, 3.63) is 53.8 Å². The van der Waals surface area contributed by atoms with Crippen LogP contribution in [0.15, 0.2) is 47.5 Å². The third-order valence-corrected chi connectivity index (χ3v) is 6.53. The van der Waals surface area contributed by atoms with Crippen molar-refractivity contribution in [3.63, 3.8) is 0 Å². The molecule has 9 heteroatoms. The Balaban J connectivity index is 1.23. The average Bonchev–Trinajstić information content (AvgIpc) is 3.28. The van der Waals surface area contributed by atoms with Crippen LogP contribution in [0.5, 0.6) is 11.5 Å². The summed E-state index contributed by atoms with van der Waals surface area (Å²) in [6, 6.07) is 13.9. The highest BCUT2D eigenvalue weighted by Crippen LogP contribution is 2.37. The number of carbonyl (C=O) groups is 1. The van der Waals surface area contributed by atoms with Crippen molar-refractivity contribution < 1.29 is 18.7 Å². The molecule has 0 aliphatic carbocycles. The molecule has 0 unspecified atom stereocenters. The van der Waals surface area contributed by atoms with Crippen LogP contribution in [-0.4, -0.2) is 54.5 Å². The predicted octanol–water partition coefficient (Wildman–Crippen LogP) is 3.42. The molecule has 1 aromatic heterocycles. The molecule has 1 saturated heterocycles. The maximum absolute atomic E-state index is 13.1. The minimum Gasteiger partial charge on any atom is -0.454 e. The number of hydrogen-bond donors (Lipinski definition) is 0. The number of ether oxygens (including phenoxy) is 2. The van der Waals surface area contributed by atoms with E-state index in [1.54, 1.807) is 24.3 Å². The van der Waals surface area contributed by atoms with Gasteiger partial charge in [-0.15, -0.1) is 0 Å². The Labute approximate surface area is 188 Å². The highest BCUT2D eigenvalue weighted by atomic mass is 32.2. The molecule has 7 nitrogen and oxygen atoms in total. The molecule has 2 aliphatic rings. The van der Waals surface area contributed by atoms with Gasteiger partial charge in [0.15, 0.2) is 11.5 Å². The van der Waals surface area contributed by atoms with Crippen LogP contribution in [0, 0.1) is 17.1 Å². The van der Waals surface area contributed by atoms with Gasteiger partial charge in [0.05, 0.1) is 16.8 Å². The summed E-state index contributed by atoms with van der Waals surface area (Å²) in [5, 5.41) is 10.9. The van der Waals surface area contributed by atoms with E-state index in [1.165, 1.54) is 23.9 Å². The molecular weight excluding hydrogens is 431 g/mol. The molecule has 0 bridgehead atoms. The summed E-state index contributed by atoms with van der Waals surface area (Å²) in [5.74, 6) is 1.21. The van der Waals surface area contributed by atoms with Gasteiger partial charge in [-0.05, 0) is 36.4 Å². The van der Waals surface area contributed by atoms with Gasteiger partial charge in [0.2, 0.25) is 12.7 Å². The molecule has 0 radical (unpaired) electrons. The predicted molar refractivity (Wildman–Crippen MR) is 118 cm³/mol. The first kappa shape index (κ1) is 20.4. The first-order valence-corrected chi connectivity index (χ1v) is 11.1. The number of hydrogen-bond acceptors (Lipinski definition) is 7. The summed E-state index contributed by atoms with van der Waals surface area (Å²) < 4.78 is 23.9. The summed E-state index contributed by atoms with van der Waals surface area (Å²) in [6.07, 6.45) is 0. The number of pyridine rings is 1. The number of nitrogens with zero attached hydrogens (tertiary/aromatic N) is 4. The second-order valence-electron chi connectivity index (χ2n) is 7.48. The van der Waals surface area contributed by atoms with Gasteiger partial charge in [0, 0.05) is 43.3 Å². The topological polar surface area (TPSA) is 78.7 Å². The van der Waals surface area contributed by atoms with Crippen LogP contribution < -0.4 is 14.4 Å². The Morgan fingerprint density at radius 2 is 1.81 bits per heavy atom. The van der Waals surface area contributed by atoms with Gasteiger partial charge in [0.25, 0.3) is 0 Å². The number of aromatic nitrogens is 1. The first-order valence-electron chi connectivity index (χ1n) is 10.2. The van der Waals surface area contributed by atoms with Crippen LogP contribution in [0.3, 0.4) is 0 Å². The molecule has 32 heavy (non-hydrogen) atoms. The van der Waals surface area contributed by atoms with Crippen molar-refractivity contribution in [2.45, 2.75) is 5.03 Å². The minimum atomic E-state index is -0.260. The van der Waals surface area contributed by atoms with E-state index in [2.05, 4.69) is 16.0 Å². The number of piperazine rings is 1. The summed E-state index contributed by atoms with van der Waals surface area (Å²) in [6.45, 7) is 2.73. The van der Waals surface area contributed by atoms with Gasteiger partial charge in [-0.1, -0.05) is 11.8 Å². The van der Waals surface area contributed by atoms with E-state index in [9.17, 15) is 14.4 Å². The molecule has 0 atom stereocenters. The van der Waals surface area contributed by atoms with Crippen molar-refractivity contribution >= 4 is 34.3 Å². The highest BCUT2D eigenvalue weighted by molar-refractivity contribution is 8.00. The van der Waals surface area contributed by atoms with Gasteiger partial charge in [-0.2, -0.15) is 5.26 Å². The lowest BCUT2D eigenvalue weighted by atomic mass is 10.1. The van der Waals surface area contributed by atoms with Crippen LogP contribution in [0.4, 0.5) is 10.1 Å². The van der Waals surface area contributed by atoms with Gasteiger partial charge in [0.1, 0.15) is 16.9 Å². The number of rotatable bonds is 4. The smallest absolute Gasteiger partial charge is 0.233 e. The van der Waals surface area contributed by atoms with E-state index < -0.39 is 0 Å². The van der Waals surface area contributed by atoms with E-state index in [0.717, 1.165) is 11.1 Å². The van der Waals surface area contributed by atoms with E-state index >= 15 is 0 Å². The number of halogens is 1. The number of nitriles is 1. The van der Waals surface area contributed by atoms with Crippen LogP contribution in [0.2, 0.25) is 0 Å². The minimum absolute atomic E-state index is 0.00484. The Hall–Kier alpha value is -3.51. The molecule has 0 spiro atoms. The van der Waals surface area contributed by atoms with E-state index in [4.69, 9.17) is 9.47 Å². The van der Waals surface area contributed by atoms with Crippen molar-refractivity contribution in [2.75, 3.05) is 43.6 Å². The SMILES string of the molecule is N#Cc1cc2cc3c(cc2nc1SCC(=O)N1CCN(c2ccc(F)cc2)CC1)OCO3. The fourth-order valence-corrected chi connectivity index (χ4v) is 4.69. The van der Waals surface area contributed by atoms with Crippen molar-refractivity contribution in [1.29, 1.82) is 5.26 Å². The normalized spacial score (nSPS) is 15.1. The van der Waals surface area contributed by atoms with Crippen molar-refractivity contribution in [1.82, 2.24) is 9.88 Å². The zero-order valence-corrected chi connectivity index (χ0v) is 17.9. The zero-order valence-electron chi connectivity index (χ0n) is 17.1. The molecular formula is C23H19FN4O3S. The summed E-state index contributed by atoms with van der Waals surface area (Å²) >= 11 is 1.27. The Bertz CT molecular complexity index is 1220. The average molecular weight is 450 g/mol. The number of amides is 1. The van der Waals surface area contributed by atoms with Gasteiger partial charge < -0.3 is 19.3 Å². The second-order valence-corrected chi connectivity index (χ2v) is 8.45. The summed E-state index contributed by atoms with van der Waals surface area (Å²) in [7, 11) is 0. The van der Waals surface area contributed by atoms with Gasteiger partial charge in [-0.25, -0.2) is 9.37 Å². The third kappa shape index (κ3) is 4.01. The van der Waals surface area contributed by atoms with Crippen LogP contribution in [0.1, 0.15) is 5.56 Å². The maximum atomic E-state index is 13.1. The lowest BCUT2D eigenvalue weighted by Crippen LogP contribution is -2.49. The third-order valence-electron chi connectivity index (χ3n) is 5.55. The molecule has 0 saturated carbocycles. The summed E-state index contributed by atoms with van der Waals surface area (Å²) in [4.78, 5) is 21.3. The molecule has 2 aliphatic heterocycles. The molecule has 5 rings (SSSR count). The highest BCUT2D eigenvalue weighted by Gasteiger charge is 2.22. The molecule has 3 heterocycles. The van der Waals surface area contributed by atoms with Gasteiger partial charge >= 0.3 is 0 Å². The summed E-state index contributed by atoms with van der Waals surface area (Å²) in [5.41, 5.74) is 2.07. The van der Waals surface area contributed by atoms with Crippen molar-refractivity contribution in [2.24, 2.45) is 0 Å². The molecule has 0 N–H and O–H groups in total. The second kappa shape index (κ2) is 8.55. The number of carbonyl (C=O) groups excluding carboxylic acids is 1. The quantitative estimate of drug-likeness (QED) is 0.564. The van der Waals surface area contributed by atoms with E-state index in [0.29, 0.717) is 53.8 Å². The number of fused-ring (bicyclic) bond motifs is 2. The molecule has 1 amide bonds. The van der Waals surface area contributed by atoms with E-state index in [1.807, 2.05) is 11.0 Å². The Morgan fingerprint density at radius 3 is 2.53 bits per heavy atom. The Kier molecular flexibility index (Phi) is 5.45. The Morgan fingerprint density at radius 1 is 1.09 bits per heavy atom. The maximum Gasteiger partial charge on any atom is 0.233 e. The molecule has 2 aromatic carbocycles. The fraction of sp³-hybridized carbons (Fsp3) is 0.261. The molecule has 162 valence electrons. The van der Waals surface area contributed by atoms with Crippen LogP contribution in [-0.2, 0) is 4.79 Å². The van der Waals surface area contributed by atoms with Crippen molar-refractivity contribution in [3.8, 4) is 17.6 Å². The molecule has 1 fully saturated rings. The van der Waals surface area contributed by atoms with Gasteiger partial charge in [-0.3, -0.25) is 4.79 Å². The van der Waals surface area contributed by atoms with Crippen LogP contribution in [0.25, 0.3) is 10.9 Å². The lowest BCUT2D eigenvalue weighted by Gasteiger charge is -2.36.